The van der Waals surface area contributed by atoms with Crippen molar-refractivity contribution in [1.82, 2.24) is 0 Å². The predicted molar refractivity (Wildman–Crippen MR) is 23.5 cm³/mol. The summed E-state index contributed by atoms with van der Waals surface area (Å²) in [5, 5.41) is 8.06. The molecule has 0 radical (unpaired) electrons. The van der Waals surface area contributed by atoms with Crippen molar-refractivity contribution < 1.29 is 5.11 Å². The molecule has 3 nitrogen and oxygen atoms in total. The third-order valence-corrected chi connectivity index (χ3v) is 0.397. The molecule has 6 heavy (non-hydrogen) atoms. The van der Waals surface area contributed by atoms with Crippen LogP contribution in [0.1, 0.15) is 0 Å². The van der Waals surface area contributed by atoms with Crippen LogP contribution in [0.2, 0.25) is 0 Å². The van der Waals surface area contributed by atoms with Crippen molar-refractivity contribution in [3.8, 4) is 0 Å². The van der Waals surface area contributed by atoms with E-state index in [-0.39, 0.29) is 6.61 Å². The number of aliphatic hydroxyl groups excluding tert-OH is 1. The van der Waals surface area contributed by atoms with E-state index in [0.29, 0.717) is 5.70 Å². The van der Waals surface area contributed by atoms with Crippen molar-refractivity contribution in [1.29, 1.82) is 0 Å². The first-order valence-electron chi connectivity index (χ1n) is 1.58. The zero-order chi connectivity index (χ0) is 4.99. The average molecular weight is 88.1 g/mol. The highest BCUT2D eigenvalue weighted by atomic mass is 16.3. The Bertz CT molecular complexity index is 59.8. The smallest absolute Gasteiger partial charge is 0.0840 e. The fraction of sp³-hybridized carbons (Fsp3) is 0.333. The topological polar surface area (TPSA) is 72.3 Å². The maximum Gasteiger partial charge on any atom is 0.0840 e. The zero-order valence-corrected chi connectivity index (χ0v) is 3.39. The van der Waals surface area contributed by atoms with Gasteiger partial charge >= 0.3 is 0 Å². The van der Waals surface area contributed by atoms with E-state index in [9.17, 15) is 0 Å². The van der Waals surface area contributed by atoms with Gasteiger partial charge in [-0.3, -0.25) is 0 Å². The van der Waals surface area contributed by atoms with Crippen molar-refractivity contribution in [3.05, 3.63) is 11.9 Å². The summed E-state index contributed by atoms with van der Waals surface area (Å²) in [7, 11) is 0. The summed E-state index contributed by atoms with van der Waals surface area (Å²) in [5.41, 5.74) is 10.1. The Hall–Kier alpha value is -0.700. The van der Waals surface area contributed by atoms with E-state index in [4.69, 9.17) is 16.6 Å². The molecule has 0 aliphatic rings. The summed E-state index contributed by atoms with van der Waals surface area (Å²) >= 11 is 0. The summed E-state index contributed by atoms with van der Waals surface area (Å²) < 4.78 is 0. The van der Waals surface area contributed by atoms with Crippen LogP contribution in [-0.2, 0) is 0 Å². The van der Waals surface area contributed by atoms with E-state index in [1.165, 1.54) is 6.20 Å². The lowest BCUT2D eigenvalue weighted by atomic mass is 10.5. The first kappa shape index (κ1) is 5.30. The largest absolute Gasteiger partial charge is 0.403 e. The molecule has 5 N–H and O–H groups in total. The molecule has 0 unspecified atom stereocenters. The Balaban J connectivity index is 3.22. The van der Waals surface area contributed by atoms with E-state index in [2.05, 4.69) is 0 Å². The second kappa shape index (κ2) is 2.53. The molecule has 0 amide bonds. The summed E-state index contributed by atoms with van der Waals surface area (Å²) in [6.45, 7) is -0.156. The van der Waals surface area contributed by atoms with E-state index in [1.54, 1.807) is 0 Å². The molecule has 0 spiro atoms. The second-order valence-corrected chi connectivity index (χ2v) is 0.900. The van der Waals surface area contributed by atoms with Gasteiger partial charge < -0.3 is 16.6 Å². The number of hydrogen-bond acceptors (Lipinski definition) is 3. The average Bonchev–Trinajstić information content (AvgIpc) is 1.65. The standard InChI is InChI=1S/C3H8N2O/c4-1-3(5)2-6/h1,6H,2,4-5H2/b3-1-. The minimum atomic E-state index is -0.156. The molecule has 3 heteroatoms. The zero-order valence-electron chi connectivity index (χ0n) is 3.39. The third-order valence-electron chi connectivity index (χ3n) is 0.397. The maximum atomic E-state index is 8.06. The van der Waals surface area contributed by atoms with Gasteiger partial charge in [-0.05, 0) is 0 Å². The van der Waals surface area contributed by atoms with Crippen LogP contribution in [-0.4, -0.2) is 11.7 Å². The van der Waals surface area contributed by atoms with Crippen molar-refractivity contribution in [2.45, 2.75) is 0 Å². The Morgan fingerprint density at radius 3 is 2.33 bits per heavy atom. The van der Waals surface area contributed by atoms with Crippen LogP contribution < -0.4 is 11.5 Å². The highest BCUT2D eigenvalue weighted by Gasteiger charge is 1.75. The Kier molecular flexibility index (Phi) is 2.24. The molecule has 0 saturated carbocycles. The monoisotopic (exact) mass is 88.1 g/mol. The summed E-state index contributed by atoms with van der Waals surface area (Å²) in [6, 6.07) is 0. The molecule has 0 heterocycles. The van der Waals surface area contributed by atoms with Crippen LogP contribution in [0.4, 0.5) is 0 Å². The molecule has 0 aromatic heterocycles. The maximum absolute atomic E-state index is 8.06. The van der Waals surface area contributed by atoms with Crippen molar-refractivity contribution in [3.63, 3.8) is 0 Å². The molecule has 0 fully saturated rings. The van der Waals surface area contributed by atoms with Crippen LogP contribution in [0, 0.1) is 0 Å². The van der Waals surface area contributed by atoms with Crippen LogP contribution in [0.25, 0.3) is 0 Å². The molecule has 0 saturated heterocycles. The van der Waals surface area contributed by atoms with Gasteiger partial charge in [0.25, 0.3) is 0 Å². The summed E-state index contributed by atoms with van der Waals surface area (Å²) in [5.74, 6) is 0. The Labute approximate surface area is 36.3 Å². The van der Waals surface area contributed by atoms with Gasteiger partial charge in [-0.15, -0.1) is 0 Å². The fourth-order valence-electron chi connectivity index (χ4n) is 0.0527. The van der Waals surface area contributed by atoms with Gasteiger partial charge in [0, 0.05) is 11.9 Å². The van der Waals surface area contributed by atoms with Crippen molar-refractivity contribution in [2.75, 3.05) is 6.61 Å². The SMILES string of the molecule is N/C=C(\N)CO. The minimum Gasteiger partial charge on any atom is -0.403 e. The van der Waals surface area contributed by atoms with E-state index < -0.39 is 0 Å². The molecule has 0 bridgehead atoms. The van der Waals surface area contributed by atoms with E-state index in [1.807, 2.05) is 0 Å². The molecule has 0 aliphatic heterocycles. The lowest BCUT2D eigenvalue weighted by Gasteiger charge is -1.85. The lowest BCUT2D eigenvalue weighted by molar-refractivity contribution is 0.329. The van der Waals surface area contributed by atoms with Gasteiger partial charge in [-0.2, -0.15) is 0 Å². The quantitative estimate of drug-likeness (QED) is 0.374. The number of rotatable bonds is 1. The first-order valence-corrected chi connectivity index (χ1v) is 1.58. The number of aliphatic hydroxyl groups is 1. The number of nitrogens with two attached hydrogens (primary N) is 2. The lowest BCUT2D eigenvalue weighted by Crippen LogP contribution is -2.04. The molecule has 0 aromatic carbocycles. The molecule has 36 valence electrons. The van der Waals surface area contributed by atoms with Gasteiger partial charge in [0.15, 0.2) is 0 Å². The minimum absolute atomic E-state index is 0.156. The fourth-order valence-corrected chi connectivity index (χ4v) is 0.0527. The van der Waals surface area contributed by atoms with Crippen LogP contribution in [0.5, 0.6) is 0 Å². The number of hydrogen-bond donors (Lipinski definition) is 3. The molecule has 0 aliphatic carbocycles. The van der Waals surface area contributed by atoms with Gasteiger partial charge in [0.1, 0.15) is 0 Å². The van der Waals surface area contributed by atoms with E-state index in [0.717, 1.165) is 0 Å². The normalized spacial score (nSPS) is 11.8. The van der Waals surface area contributed by atoms with E-state index >= 15 is 0 Å². The highest BCUT2D eigenvalue weighted by Crippen LogP contribution is 1.68. The second-order valence-electron chi connectivity index (χ2n) is 0.900. The Morgan fingerprint density at radius 1 is 1.83 bits per heavy atom. The summed E-state index contributed by atoms with van der Waals surface area (Å²) in [6.07, 6.45) is 1.17. The molecule has 0 rings (SSSR count). The van der Waals surface area contributed by atoms with Crippen LogP contribution >= 0.6 is 0 Å². The van der Waals surface area contributed by atoms with Crippen LogP contribution in [0.15, 0.2) is 11.9 Å². The molecule has 0 aromatic rings. The molecular weight excluding hydrogens is 80.0 g/mol. The van der Waals surface area contributed by atoms with Crippen molar-refractivity contribution >= 4 is 0 Å². The first-order chi connectivity index (χ1) is 2.81. The third kappa shape index (κ3) is 1.60. The van der Waals surface area contributed by atoms with Gasteiger partial charge in [0.05, 0.1) is 6.61 Å². The Morgan fingerprint density at radius 2 is 2.33 bits per heavy atom. The van der Waals surface area contributed by atoms with Crippen LogP contribution in [0.3, 0.4) is 0 Å². The van der Waals surface area contributed by atoms with Gasteiger partial charge in [-0.1, -0.05) is 0 Å². The van der Waals surface area contributed by atoms with Gasteiger partial charge in [-0.25, -0.2) is 0 Å². The highest BCUT2D eigenvalue weighted by molar-refractivity contribution is 4.91. The predicted octanol–water partition coefficient (Wildman–Crippen LogP) is -1.26. The van der Waals surface area contributed by atoms with Crippen molar-refractivity contribution in [2.24, 2.45) is 11.5 Å². The molecule has 0 atom stereocenters. The molecular formula is C3H8N2O. The van der Waals surface area contributed by atoms with Gasteiger partial charge in [0.2, 0.25) is 0 Å². The summed E-state index contributed by atoms with van der Waals surface area (Å²) in [4.78, 5) is 0.